The molecule has 1 aromatic rings. The minimum atomic E-state index is 0.291. The zero-order chi connectivity index (χ0) is 13.7. The lowest BCUT2D eigenvalue weighted by Gasteiger charge is -2.20. The number of allylic oxidation sites excluding steroid dienone is 1. The molecule has 0 spiro atoms. The molecule has 0 radical (unpaired) electrons. The number of aryl methyl sites for hydroxylation is 2. The summed E-state index contributed by atoms with van der Waals surface area (Å²) in [7, 11) is 0. The second kappa shape index (κ2) is 6.88. The van der Waals surface area contributed by atoms with Gasteiger partial charge in [-0.3, -0.25) is 11.3 Å². The summed E-state index contributed by atoms with van der Waals surface area (Å²) in [6.45, 7) is 4.32. The molecule has 2 heteroatoms. The van der Waals surface area contributed by atoms with Gasteiger partial charge >= 0.3 is 0 Å². The number of rotatable bonds is 4. The third-order valence-corrected chi connectivity index (χ3v) is 3.95. The molecule has 2 rings (SSSR count). The van der Waals surface area contributed by atoms with Gasteiger partial charge in [-0.2, -0.15) is 0 Å². The fourth-order valence-corrected chi connectivity index (χ4v) is 3.08. The van der Waals surface area contributed by atoms with Crippen LogP contribution in [-0.4, -0.2) is 6.04 Å². The van der Waals surface area contributed by atoms with Crippen molar-refractivity contribution in [3.05, 3.63) is 46.5 Å². The SMILES string of the molecule is Cc1cc(C)cc(CC(NN)C2=CCCCCC2)c1. The lowest BCUT2D eigenvalue weighted by Crippen LogP contribution is -2.38. The molecule has 0 aliphatic heterocycles. The molecule has 1 aliphatic rings. The second-order valence-electron chi connectivity index (χ2n) is 5.80. The molecule has 19 heavy (non-hydrogen) atoms. The zero-order valence-electron chi connectivity index (χ0n) is 12.2. The van der Waals surface area contributed by atoms with Gasteiger partial charge in [0, 0.05) is 6.04 Å². The first kappa shape index (κ1) is 14.3. The molecule has 1 atom stereocenters. The van der Waals surface area contributed by atoms with Crippen LogP contribution in [0.1, 0.15) is 48.8 Å². The molecule has 1 aliphatic carbocycles. The van der Waals surface area contributed by atoms with E-state index in [1.807, 2.05) is 0 Å². The largest absolute Gasteiger partial charge is 0.271 e. The molecule has 0 amide bonds. The van der Waals surface area contributed by atoms with Crippen LogP contribution in [0.5, 0.6) is 0 Å². The Bertz CT molecular complexity index is 428. The second-order valence-corrected chi connectivity index (χ2v) is 5.80. The first-order valence-corrected chi connectivity index (χ1v) is 7.41. The summed E-state index contributed by atoms with van der Waals surface area (Å²) in [6, 6.07) is 7.06. The molecule has 0 saturated heterocycles. The van der Waals surface area contributed by atoms with Crippen LogP contribution in [0.15, 0.2) is 29.8 Å². The molecule has 0 bridgehead atoms. The fourth-order valence-electron chi connectivity index (χ4n) is 3.08. The van der Waals surface area contributed by atoms with E-state index in [-0.39, 0.29) is 0 Å². The minimum absolute atomic E-state index is 0.291. The van der Waals surface area contributed by atoms with Crippen molar-refractivity contribution in [3.63, 3.8) is 0 Å². The van der Waals surface area contributed by atoms with Crippen LogP contribution in [-0.2, 0) is 6.42 Å². The maximum Gasteiger partial charge on any atom is 0.0460 e. The van der Waals surface area contributed by atoms with Gasteiger partial charge in [-0.05, 0) is 51.5 Å². The molecule has 0 heterocycles. The number of nitrogens with one attached hydrogen (secondary N) is 1. The number of hydrazine groups is 1. The Hall–Kier alpha value is -1.12. The van der Waals surface area contributed by atoms with Crippen LogP contribution in [0, 0.1) is 13.8 Å². The highest BCUT2D eigenvalue weighted by atomic mass is 15.2. The van der Waals surface area contributed by atoms with Crippen LogP contribution < -0.4 is 11.3 Å². The number of hydrogen-bond donors (Lipinski definition) is 2. The Labute approximate surface area is 117 Å². The van der Waals surface area contributed by atoms with E-state index in [0.29, 0.717) is 6.04 Å². The van der Waals surface area contributed by atoms with E-state index in [9.17, 15) is 0 Å². The summed E-state index contributed by atoms with van der Waals surface area (Å²) in [5.74, 6) is 5.79. The number of benzene rings is 1. The highest BCUT2D eigenvalue weighted by Gasteiger charge is 2.15. The van der Waals surface area contributed by atoms with E-state index in [4.69, 9.17) is 5.84 Å². The Morgan fingerprint density at radius 1 is 1.11 bits per heavy atom. The number of nitrogens with two attached hydrogens (primary N) is 1. The van der Waals surface area contributed by atoms with Crippen molar-refractivity contribution in [2.24, 2.45) is 5.84 Å². The molecule has 0 aromatic heterocycles. The standard InChI is InChI=1S/C17H26N2/c1-13-9-14(2)11-15(10-13)12-17(19-18)16-7-5-3-4-6-8-16/h7,9-11,17,19H,3-6,8,12,18H2,1-2H3. The topological polar surface area (TPSA) is 38.0 Å². The minimum Gasteiger partial charge on any atom is -0.271 e. The highest BCUT2D eigenvalue weighted by Crippen LogP contribution is 2.22. The van der Waals surface area contributed by atoms with Gasteiger partial charge in [0.15, 0.2) is 0 Å². The van der Waals surface area contributed by atoms with Crippen molar-refractivity contribution in [1.82, 2.24) is 5.43 Å². The van der Waals surface area contributed by atoms with E-state index in [2.05, 4.69) is 43.5 Å². The third-order valence-electron chi connectivity index (χ3n) is 3.95. The smallest absolute Gasteiger partial charge is 0.0460 e. The number of hydrogen-bond acceptors (Lipinski definition) is 2. The quantitative estimate of drug-likeness (QED) is 0.492. The average Bonchev–Trinajstić information content (AvgIpc) is 2.63. The summed E-state index contributed by atoms with van der Waals surface area (Å²) in [5, 5.41) is 0. The van der Waals surface area contributed by atoms with Gasteiger partial charge in [0.1, 0.15) is 0 Å². The van der Waals surface area contributed by atoms with Crippen molar-refractivity contribution in [2.75, 3.05) is 0 Å². The molecule has 2 nitrogen and oxygen atoms in total. The molecule has 3 N–H and O–H groups in total. The van der Waals surface area contributed by atoms with Gasteiger partial charge in [-0.1, -0.05) is 47.4 Å². The monoisotopic (exact) mass is 258 g/mol. The third kappa shape index (κ3) is 4.19. The molecule has 0 fully saturated rings. The van der Waals surface area contributed by atoms with Crippen molar-refractivity contribution in [3.8, 4) is 0 Å². The van der Waals surface area contributed by atoms with Crippen molar-refractivity contribution < 1.29 is 0 Å². The van der Waals surface area contributed by atoms with Crippen LogP contribution >= 0.6 is 0 Å². The van der Waals surface area contributed by atoms with Crippen molar-refractivity contribution >= 4 is 0 Å². The normalized spacial score (nSPS) is 17.7. The first-order chi connectivity index (χ1) is 9.19. The van der Waals surface area contributed by atoms with Gasteiger partial charge in [0.25, 0.3) is 0 Å². The van der Waals surface area contributed by atoms with Crippen molar-refractivity contribution in [1.29, 1.82) is 0 Å². The van der Waals surface area contributed by atoms with Gasteiger partial charge in [-0.25, -0.2) is 0 Å². The Morgan fingerprint density at radius 2 is 1.84 bits per heavy atom. The average molecular weight is 258 g/mol. The van der Waals surface area contributed by atoms with Gasteiger partial charge < -0.3 is 0 Å². The molecule has 1 unspecified atom stereocenters. The van der Waals surface area contributed by atoms with Crippen LogP contribution in [0.4, 0.5) is 0 Å². The fraction of sp³-hybridized carbons (Fsp3) is 0.529. The lowest BCUT2D eigenvalue weighted by molar-refractivity contribution is 0.564. The predicted molar refractivity (Wildman–Crippen MR) is 81.9 cm³/mol. The molecular formula is C17H26N2. The van der Waals surface area contributed by atoms with Gasteiger partial charge in [0.05, 0.1) is 0 Å². The highest BCUT2D eigenvalue weighted by molar-refractivity contribution is 5.30. The summed E-state index contributed by atoms with van der Waals surface area (Å²) in [5.41, 5.74) is 8.57. The maximum atomic E-state index is 5.79. The Kier molecular flexibility index (Phi) is 5.17. The van der Waals surface area contributed by atoms with E-state index in [1.54, 1.807) is 0 Å². The Morgan fingerprint density at radius 3 is 2.53 bits per heavy atom. The van der Waals surface area contributed by atoms with E-state index in [1.165, 1.54) is 54.4 Å². The maximum absolute atomic E-state index is 5.79. The van der Waals surface area contributed by atoms with Crippen LogP contribution in [0.3, 0.4) is 0 Å². The first-order valence-electron chi connectivity index (χ1n) is 7.41. The molecular weight excluding hydrogens is 232 g/mol. The Balaban J connectivity index is 2.11. The van der Waals surface area contributed by atoms with Crippen molar-refractivity contribution in [2.45, 2.75) is 58.4 Å². The molecule has 1 aromatic carbocycles. The van der Waals surface area contributed by atoms with Crippen LogP contribution in [0.2, 0.25) is 0 Å². The predicted octanol–water partition coefficient (Wildman–Crippen LogP) is 3.57. The summed E-state index contributed by atoms with van der Waals surface area (Å²) >= 11 is 0. The molecule has 104 valence electrons. The lowest BCUT2D eigenvalue weighted by atomic mass is 9.94. The van der Waals surface area contributed by atoms with Gasteiger partial charge in [0.2, 0.25) is 0 Å². The van der Waals surface area contributed by atoms with E-state index >= 15 is 0 Å². The summed E-state index contributed by atoms with van der Waals surface area (Å²) in [6.07, 6.45) is 9.77. The summed E-state index contributed by atoms with van der Waals surface area (Å²) in [4.78, 5) is 0. The summed E-state index contributed by atoms with van der Waals surface area (Å²) < 4.78 is 0. The zero-order valence-corrected chi connectivity index (χ0v) is 12.2. The molecule has 0 saturated carbocycles. The van der Waals surface area contributed by atoms with E-state index in [0.717, 1.165) is 6.42 Å². The van der Waals surface area contributed by atoms with Crippen LogP contribution in [0.25, 0.3) is 0 Å². The van der Waals surface area contributed by atoms with E-state index < -0.39 is 0 Å². The van der Waals surface area contributed by atoms with Gasteiger partial charge in [-0.15, -0.1) is 0 Å².